The molecule has 0 aliphatic rings. The Morgan fingerprint density at radius 2 is 2.00 bits per heavy atom. The molecule has 1 amide bonds. The van der Waals surface area contributed by atoms with E-state index in [1.54, 1.807) is 0 Å². The predicted octanol–water partition coefficient (Wildman–Crippen LogP) is 4.23. The highest BCUT2D eigenvalue weighted by atomic mass is 32.1. The summed E-state index contributed by atoms with van der Waals surface area (Å²) in [6.45, 7) is 4.09. The van der Waals surface area contributed by atoms with Crippen molar-refractivity contribution >= 4 is 43.9 Å². The maximum atomic E-state index is 12.0. The maximum absolute atomic E-state index is 12.0. The zero-order valence-corrected chi connectivity index (χ0v) is 12.2. The SMILES string of the molecule is Cc1ccc(C)c2sc(NC(=O)c3ccsc3)nc12. The number of amides is 1. The minimum atomic E-state index is -0.101. The zero-order chi connectivity index (χ0) is 13.4. The summed E-state index contributed by atoms with van der Waals surface area (Å²) in [5, 5.41) is 7.24. The minimum Gasteiger partial charge on any atom is -0.298 e. The number of thiazole rings is 1. The Balaban J connectivity index is 1.96. The number of thiophene rings is 1. The van der Waals surface area contributed by atoms with Gasteiger partial charge < -0.3 is 0 Å². The average molecular weight is 288 g/mol. The molecule has 96 valence electrons. The van der Waals surface area contributed by atoms with Crippen LogP contribution in [-0.4, -0.2) is 10.9 Å². The summed E-state index contributed by atoms with van der Waals surface area (Å²) in [6, 6.07) is 5.95. The van der Waals surface area contributed by atoms with Crippen molar-refractivity contribution in [2.45, 2.75) is 13.8 Å². The Kier molecular flexibility index (Phi) is 3.08. The fraction of sp³-hybridized carbons (Fsp3) is 0.143. The van der Waals surface area contributed by atoms with E-state index in [1.165, 1.54) is 28.2 Å². The molecule has 0 saturated heterocycles. The third-order valence-electron chi connectivity index (χ3n) is 2.95. The summed E-state index contributed by atoms with van der Waals surface area (Å²) in [7, 11) is 0. The van der Waals surface area contributed by atoms with E-state index >= 15 is 0 Å². The van der Waals surface area contributed by atoms with Crippen LogP contribution in [0.3, 0.4) is 0 Å². The number of benzene rings is 1. The number of nitrogens with one attached hydrogen (secondary N) is 1. The second kappa shape index (κ2) is 4.75. The molecule has 0 unspecified atom stereocenters. The number of aryl methyl sites for hydroxylation is 2. The first-order valence-corrected chi connectivity index (χ1v) is 7.61. The first kappa shape index (κ1) is 12.3. The van der Waals surface area contributed by atoms with Crippen LogP contribution in [0.4, 0.5) is 5.13 Å². The number of anilines is 1. The molecule has 0 aliphatic heterocycles. The molecule has 1 N–H and O–H groups in total. The quantitative estimate of drug-likeness (QED) is 0.767. The smallest absolute Gasteiger partial charge is 0.258 e. The molecular weight excluding hydrogens is 276 g/mol. The lowest BCUT2D eigenvalue weighted by Crippen LogP contribution is -2.10. The lowest BCUT2D eigenvalue weighted by atomic mass is 10.1. The van der Waals surface area contributed by atoms with Gasteiger partial charge in [0.2, 0.25) is 0 Å². The van der Waals surface area contributed by atoms with Crippen molar-refractivity contribution in [3.63, 3.8) is 0 Å². The second-order valence-corrected chi connectivity index (χ2v) is 6.14. The van der Waals surface area contributed by atoms with Gasteiger partial charge in [0.15, 0.2) is 5.13 Å². The molecule has 3 rings (SSSR count). The Morgan fingerprint density at radius 3 is 2.68 bits per heavy atom. The van der Waals surface area contributed by atoms with Crippen LogP contribution >= 0.6 is 22.7 Å². The molecule has 0 radical (unpaired) electrons. The van der Waals surface area contributed by atoms with Crippen molar-refractivity contribution in [1.29, 1.82) is 0 Å². The van der Waals surface area contributed by atoms with E-state index in [0.717, 1.165) is 15.8 Å². The standard InChI is InChI=1S/C14H12N2OS2/c1-8-3-4-9(2)12-11(8)15-14(19-12)16-13(17)10-5-6-18-7-10/h3-7H,1-2H3,(H,15,16,17). The number of carbonyl (C=O) groups is 1. The van der Waals surface area contributed by atoms with Gasteiger partial charge in [-0.15, -0.1) is 0 Å². The van der Waals surface area contributed by atoms with E-state index < -0.39 is 0 Å². The summed E-state index contributed by atoms with van der Waals surface area (Å²) in [6.07, 6.45) is 0. The monoisotopic (exact) mass is 288 g/mol. The van der Waals surface area contributed by atoms with E-state index in [9.17, 15) is 4.79 Å². The molecule has 5 heteroatoms. The zero-order valence-electron chi connectivity index (χ0n) is 10.6. The molecule has 0 fully saturated rings. The highest BCUT2D eigenvalue weighted by Gasteiger charge is 2.12. The lowest BCUT2D eigenvalue weighted by molar-refractivity contribution is 0.102. The average Bonchev–Trinajstić information content (AvgIpc) is 3.02. The highest BCUT2D eigenvalue weighted by molar-refractivity contribution is 7.22. The van der Waals surface area contributed by atoms with Gasteiger partial charge >= 0.3 is 0 Å². The van der Waals surface area contributed by atoms with Crippen molar-refractivity contribution in [2.24, 2.45) is 0 Å². The van der Waals surface area contributed by atoms with Gasteiger partial charge in [-0.2, -0.15) is 11.3 Å². The molecule has 2 heterocycles. The van der Waals surface area contributed by atoms with Gasteiger partial charge in [-0.05, 0) is 36.4 Å². The van der Waals surface area contributed by atoms with Crippen molar-refractivity contribution in [3.8, 4) is 0 Å². The van der Waals surface area contributed by atoms with Gasteiger partial charge in [-0.3, -0.25) is 10.1 Å². The first-order valence-electron chi connectivity index (χ1n) is 5.85. The number of hydrogen-bond donors (Lipinski definition) is 1. The van der Waals surface area contributed by atoms with Crippen LogP contribution < -0.4 is 5.32 Å². The number of carbonyl (C=O) groups excluding carboxylic acids is 1. The summed E-state index contributed by atoms with van der Waals surface area (Å²) in [5.74, 6) is -0.101. The Morgan fingerprint density at radius 1 is 1.21 bits per heavy atom. The molecule has 1 aromatic carbocycles. The molecule has 0 saturated carbocycles. The van der Waals surface area contributed by atoms with Crippen molar-refractivity contribution < 1.29 is 4.79 Å². The molecule has 0 bridgehead atoms. The molecule has 0 spiro atoms. The van der Waals surface area contributed by atoms with Gasteiger partial charge in [0, 0.05) is 5.38 Å². The lowest BCUT2D eigenvalue weighted by Gasteiger charge is -1.97. The van der Waals surface area contributed by atoms with E-state index in [1.807, 2.05) is 23.8 Å². The third kappa shape index (κ3) is 2.27. The fourth-order valence-corrected chi connectivity index (χ4v) is 3.52. The Hall–Kier alpha value is -1.72. The number of aromatic nitrogens is 1. The number of fused-ring (bicyclic) bond motifs is 1. The molecule has 19 heavy (non-hydrogen) atoms. The van der Waals surface area contributed by atoms with E-state index in [0.29, 0.717) is 10.7 Å². The van der Waals surface area contributed by atoms with Crippen molar-refractivity contribution in [2.75, 3.05) is 5.32 Å². The second-order valence-electron chi connectivity index (χ2n) is 4.36. The molecule has 3 aromatic rings. The van der Waals surface area contributed by atoms with Crippen LogP contribution in [-0.2, 0) is 0 Å². The summed E-state index contributed by atoms with van der Waals surface area (Å²) >= 11 is 3.03. The van der Waals surface area contributed by atoms with Crippen LogP contribution in [0.25, 0.3) is 10.2 Å². The fourth-order valence-electron chi connectivity index (χ4n) is 1.88. The number of hydrogen-bond acceptors (Lipinski definition) is 4. The van der Waals surface area contributed by atoms with Gasteiger partial charge in [0.1, 0.15) is 0 Å². The first-order chi connectivity index (χ1) is 9.15. The summed E-state index contributed by atoms with van der Waals surface area (Å²) in [4.78, 5) is 16.5. The van der Waals surface area contributed by atoms with E-state index in [4.69, 9.17) is 0 Å². The number of rotatable bonds is 2. The van der Waals surface area contributed by atoms with Gasteiger partial charge in [-0.1, -0.05) is 23.5 Å². The minimum absolute atomic E-state index is 0.101. The van der Waals surface area contributed by atoms with E-state index in [-0.39, 0.29) is 5.91 Å². The van der Waals surface area contributed by atoms with Crippen LogP contribution in [0, 0.1) is 13.8 Å². The molecule has 3 nitrogen and oxygen atoms in total. The van der Waals surface area contributed by atoms with Crippen LogP contribution in [0.15, 0.2) is 29.0 Å². The summed E-state index contributed by atoms with van der Waals surface area (Å²) < 4.78 is 1.14. The van der Waals surface area contributed by atoms with Crippen molar-refractivity contribution in [3.05, 3.63) is 45.6 Å². The van der Waals surface area contributed by atoms with E-state index in [2.05, 4.69) is 29.4 Å². The normalized spacial score (nSPS) is 10.8. The summed E-state index contributed by atoms with van der Waals surface area (Å²) in [5.41, 5.74) is 3.98. The van der Waals surface area contributed by atoms with Gasteiger partial charge in [-0.25, -0.2) is 4.98 Å². The largest absolute Gasteiger partial charge is 0.298 e. The predicted molar refractivity (Wildman–Crippen MR) is 81.4 cm³/mol. The topological polar surface area (TPSA) is 42.0 Å². The molecule has 2 aromatic heterocycles. The van der Waals surface area contributed by atoms with Gasteiger partial charge in [0.05, 0.1) is 15.8 Å². The maximum Gasteiger partial charge on any atom is 0.258 e. The molecule has 0 aliphatic carbocycles. The van der Waals surface area contributed by atoms with Gasteiger partial charge in [0.25, 0.3) is 5.91 Å². The molecule has 0 atom stereocenters. The Labute approximate surface area is 118 Å². The van der Waals surface area contributed by atoms with Crippen LogP contribution in [0.5, 0.6) is 0 Å². The third-order valence-corrected chi connectivity index (χ3v) is 4.74. The van der Waals surface area contributed by atoms with Crippen molar-refractivity contribution in [1.82, 2.24) is 4.98 Å². The highest BCUT2D eigenvalue weighted by Crippen LogP contribution is 2.31. The number of nitrogens with zero attached hydrogens (tertiary/aromatic N) is 1. The molecular formula is C14H12N2OS2. The van der Waals surface area contributed by atoms with Crippen LogP contribution in [0.2, 0.25) is 0 Å². The van der Waals surface area contributed by atoms with Crippen LogP contribution in [0.1, 0.15) is 21.5 Å². The Bertz CT molecular complexity index is 705.